The van der Waals surface area contributed by atoms with Crippen LogP contribution in [0.15, 0.2) is 59.5 Å². The van der Waals surface area contributed by atoms with Crippen LogP contribution in [0.3, 0.4) is 0 Å². The van der Waals surface area contributed by atoms with Crippen LogP contribution in [0.4, 0.5) is 0 Å². The van der Waals surface area contributed by atoms with Gasteiger partial charge in [0.05, 0.1) is 4.90 Å². The van der Waals surface area contributed by atoms with Gasteiger partial charge in [0, 0.05) is 18.7 Å². The van der Waals surface area contributed by atoms with E-state index in [1.165, 1.54) is 6.26 Å². The summed E-state index contributed by atoms with van der Waals surface area (Å²) in [6, 6.07) is 16.9. The van der Waals surface area contributed by atoms with Crippen LogP contribution in [0.5, 0.6) is 0 Å². The summed E-state index contributed by atoms with van der Waals surface area (Å²) in [7, 11) is -3.15. The van der Waals surface area contributed by atoms with Crippen molar-refractivity contribution in [1.29, 1.82) is 0 Å². The van der Waals surface area contributed by atoms with Gasteiger partial charge in [-0.1, -0.05) is 42.5 Å². The van der Waals surface area contributed by atoms with Crippen molar-refractivity contribution in [2.24, 2.45) is 5.73 Å². The van der Waals surface area contributed by atoms with Gasteiger partial charge in [-0.15, -0.1) is 0 Å². The third-order valence-corrected chi connectivity index (χ3v) is 4.28. The first kappa shape index (κ1) is 13.8. The van der Waals surface area contributed by atoms with Crippen molar-refractivity contribution in [3.05, 3.63) is 65.7 Å². The van der Waals surface area contributed by atoms with E-state index in [0.717, 1.165) is 11.1 Å². The normalized spacial score (nSPS) is 13.2. The minimum absolute atomic E-state index is 0.0924. The summed E-state index contributed by atoms with van der Waals surface area (Å²) in [5.74, 6) is 0.0924. The quantitative estimate of drug-likeness (QED) is 0.930. The average molecular weight is 275 g/mol. The smallest absolute Gasteiger partial charge is 0.175 e. The fourth-order valence-corrected chi connectivity index (χ4v) is 2.73. The monoisotopic (exact) mass is 275 g/mol. The summed E-state index contributed by atoms with van der Waals surface area (Å²) in [4.78, 5) is 0.333. The van der Waals surface area contributed by atoms with Gasteiger partial charge < -0.3 is 5.73 Å². The minimum Gasteiger partial charge on any atom is -0.330 e. The molecule has 0 bridgehead atoms. The molecule has 0 fully saturated rings. The molecule has 0 spiro atoms. The van der Waals surface area contributed by atoms with Crippen molar-refractivity contribution in [2.75, 3.05) is 12.8 Å². The van der Waals surface area contributed by atoms with Gasteiger partial charge in [0.2, 0.25) is 0 Å². The maximum atomic E-state index is 11.4. The summed E-state index contributed by atoms with van der Waals surface area (Å²) >= 11 is 0. The number of nitrogens with two attached hydrogens (primary N) is 1. The second-order valence-electron chi connectivity index (χ2n) is 4.54. The fourth-order valence-electron chi connectivity index (χ4n) is 2.10. The molecule has 2 rings (SSSR count). The molecule has 19 heavy (non-hydrogen) atoms. The summed E-state index contributed by atoms with van der Waals surface area (Å²) < 4.78 is 22.9. The zero-order chi connectivity index (χ0) is 13.9. The van der Waals surface area contributed by atoms with Gasteiger partial charge in [0.1, 0.15) is 0 Å². The number of hydrogen-bond donors (Lipinski definition) is 1. The molecule has 4 heteroatoms. The topological polar surface area (TPSA) is 60.2 Å². The first-order chi connectivity index (χ1) is 9.02. The minimum atomic E-state index is -3.15. The Kier molecular flexibility index (Phi) is 4.02. The molecule has 100 valence electrons. The van der Waals surface area contributed by atoms with Gasteiger partial charge in [0.25, 0.3) is 0 Å². The standard InChI is InChI=1S/C15H17NO2S/c1-19(17,18)14-9-7-13(8-10-14)15(11-16)12-5-3-2-4-6-12/h2-10,15H,11,16H2,1H3. The Labute approximate surface area is 114 Å². The molecule has 0 aliphatic rings. The fraction of sp³-hybridized carbons (Fsp3) is 0.200. The van der Waals surface area contributed by atoms with E-state index in [9.17, 15) is 8.42 Å². The molecular formula is C15H17NO2S. The molecule has 2 aromatic rings. The molecule has 0 aromatic heterocycles. The molecule has 1 atom stereocenters. The molecule has 3 nitrogen and oxygen atoms in total. The summed E-state index contributed by atoms with van der Waals surface area (Å²) in [6.07, 6.45) is 1.21. The van der Waals surface area contributed by atoms with E-state index in [2.05, 4.69) is 0 Å². The van der Waals surface area contributed by atoms with E-state index < -0.39 is 9.84 Å². The second-order valence-corrected chi connectivity index (χ2v) is 6.56. The maximum Gasteiger partial charge on any atom is 0.175 e. The molecule has 0 amide bonds. The lowest BCUT2D eigenvalue weighted by atomic mass is 9.91. The van der Waals surface area contributed by atoms with Crippen molar-refractivity contribution < 1.29 is 8.42 Å². The Hall–Kier alpha value is -1.65. The molecule has 1 unspecified atom stereocenters. The van der Waals surface area contributed by atoms with Gasteiger partial charge in [-0.2, -0.15) is 0 Å². The van der Waals surface area contributed by atoms with Crippen LogP contribution in [0.25, 0.3) is 0 Å². The Bertz CT molecular complexity index is 634. The third kappa shape index (κ3) is 3.22. The molecule has 0 heterocycles. The maximum absolute atomic E-state index is 11.4. The first-order valence-electron chi connectivity index (χ1n) is 6.07. The Morgan fingerprint density at radius 1 is 0.947 bits per heavy atom. The van der Waals surface area contributed by atoms with Crippen molar-refractivity contribution in [3.63, 3.8) is 0 Å². The Morgan fingerprint density at radius 3 is 1.95 bits per heavy atom. The van der Waals surface area contributed by atoms with Crippen LogP contribution >= 0.6 is 0 Å². The third-order valence-electron chi connectivity index (χ3n) is 3.15. The molecule has 0 radical (unpaired) electrons. The van der Waals surface area contributed by atoms with Crippen LogP contribution in [-0.2, 0) is 9.84 Å². The summed E-state index contributed by atoms with van der Waals surface area (Å²) in [5, 5.41) is 0. The van der Waals surface area contributed by atoms with Crippen molar-refractivity contribution in [1.82, 2.24) is 0 Å². The van der Waals surface area contributed by atoms with Crippen LogP contribution in [0, 0.1) is 0 Å². The van der Waals surface area contributed by atoms with E-state index in [1.54, 1.807) is 12.1 Å². The highest BCUT2D eigenvalue weighted by atomic mass is 32.2. The van der Waals surface area contributed by atoms with E-state index in [-0.39, 0.29) is 5.92 Å². The SMILES string of the molecule is CS(=O)(=O)c1ccc(C(CN)c2ccccc2)cc1. The van der Waals surface area contributed by atoms with Gasteiger partial charge in [-0.25, -0.2) is 8.42 Å². The number of rotatable bonds is 4. The molecule has 2 aromatic carbocycles. The van der Waals surface area contributed by atoms with Gasteiger partial charge in [-0.05, 0) is 23.3 Å². The molecular weight excluding hydrogens is 258 g/mol. The first-order valence-corrected chi connectivity index (χ1v) is 7.96. The predicted octanol–water partition coefficient (Wildman–Crippen LogP) is 2.18. The van der Waals surface area contributed by atoms with E-state index in [4.69, 9.17) is 5.73 Å². The Balaban J connectivity index is 2.35. The lowest BCUT2D eigenvalue weighted by molar-refractivity contribution is 0.602. The van der Waals surface area contributed by atoms with Crippen LogP contribution in [0.1, 0.15) is 17.0 Å². The Morgan fingerprint density at radius 2 is 1.47 bits per heavy atom. The molecule has 2 N–H and O–H groups in total. The predicted molar refractivity (Wildman–Crippen MR) is 76.9 cm³/mol. The number of benzene rings is 2. The van der Waals surface area contributed by atoms with Gasteiger partial charge >= 0.3 is 0 Å². The average Bonchev–Trinajstić information content (AvgIpc) is 2.40. The summed E-state index contributed by atoms with van der Waals surface area (Å²) in [6.45, 7) is 0.488. The molecule has 0 aliphatic heterocycles. The van der Waals surface area contributed by atoms with Crippen LogP contribution in [-0.4, -0.2) is 21.2 Å². The van der Waals surface area contributed by atoms with Crippen molar-refractivity contribution >= 4 is 9.84 Å². The van der Waals surface area contributed by atoms with Gasteiger partial charge in [-0.3, -0.25) is 0 Å². The van der Waals surface area contributed by atoms with Gasteiger partial charge in [0.15, 0.2) is 9.84 Å². The van der Waals surface area contributed by atoms with E-state index in [0.29, 0.717) is 11.4 Å². The van der Waals surface area contributed by atoms with E-state index in [1.807, 2.05) is 42.5 Å². The highest BCUT2D eigenvalue weighted by molar-refractivity contribution is 7.90. The van der Waals surface area contributed by atoms with Crippen LogP contribution in [0.2, 0.25) is 0 Å². The number of hydrogen-bond acceptors (Lipinski definition) is 3. The van der Waals surface area contributed by atoms with Crippen LogP contribution < -0.4 is 5.73 Å². The largest absolute Gasteiger partial charge is 0.330 e. The molecule has 0 aliphatic carbocycles. The number of sulfone groups is 1. The highest BCUT2D eigenvalue weighted by Gasteiger charge is 2.13. The van der Waals surface area contributed by atoms with Crippen molar-refractivity contribution in [2.45, 2.75) is 10.8 Å². The zero-order valence-electron chi connectivity index (χ0n) is 10.8. The lowest BCUT2D eigenvalue weighted by Gasteiger charge is -2.16. The molecule has 0 saturated carbocycles. The second kappa shape index (κ2) is 5.55. The highest BCUT2D eigenvalue weighted by Crippen LogP contribution is 2.24. The van der Waals surface area contributed by atoms with Crippen molar-refractivity contribution in [3.8, 4) is 0 Å². The van der Waals surface area contributed by atoms with E-state index >= 15 is 0 Å². The summed E-state index contributed by atoms with van der Waals surface area (Å²) in [5.41, 5.74) is 8.01. The zero-order valence-corrected chi connectivity index (χ0v) is 11.6. The molecule has 0 saturated heterocycles. The lowest BCUT2D eigenvalue weighted by Crippen LogP contribution is -2.13.